The molecular formula is C13H18N2O3. The van der Waals surface area contributed by atoms with Gasteiger partial charge in [0.15, 0.2) is 0 Å². The number of carbonyl (C=O) groups excluding carboxylic acids is 1. The van der Waals surface area contributed by atoms with Gasteiger partial charge in [0.05, 0.1) is 31.4 Å². The van der Waals surface area contributed by atoms with Crippen LogP contribution in [0, 0.1) is 0 Å². The van der Waals surface area contributed by atoms with Crippen molar-refractivity contribution < 1.29 is 14.6 Å². The zero-order valence-electron chi connectivity index (χ0n) is 10.7. The van der Waals surface area contributed by atoms with Gasteiger partial charge in [-0.05, 0) is 12.5 Å². The molecule has 0 bridgehead atoms. The van der Waals surface area contributed by atoms with Gasteiger partial charge in [0.25, 0.3) is 5.91 Å². The number of likely N-dealkylation sites (tertiary alicyclic amines) is 1. The number of rotatable bonds is 4. The predicted molar refractivity (Wildman–Crippen MR) is 66.6 cm³/mol. The summed E-state index contributed by atoms with van der Waals surface area (Å²) in [6.45, 7) is 2.84. The van der Waals surface area contributed by atoms with E-state index in [-0.39, 0.29) is 5.91 Å². The SMILES string of the molecule is CCCC1(O)CN(C(=O)c2ccc(OC)nc2)C1. The van der Waals surface area contributed by atoms with Gasteiger partial charge in [-0.25, -0.2) is 4.98 Å². The molecule has 1 N–H and O–H groups in total. The number of nitrogens with zero attached hydrogens (tertiary/aromatic N) is 2. The maximum atomic E-state index is 12.1. The molecule has 1 aromatic rings. The zero-order chi connectivity index (χ0) is 13.2. The Morgan fingerprint density at radius 3 is 2.78 bits per heavy atom. The molecule has 1 aliphatic rings. The Morgan fingerprint density at radius 1 is 1.56 bits per heavy atom. The highest BCUT2D eigenvalue weighted by molar-refractivity contribution is 5.94. The van der Waals surface area contributed by atoms with E-state index in [4.69, 9.17) is 4.74 Å². The summed E-state index contributed by atoms with van der Waals surface area (Å²) in [6, 6.07) is 3.34. The van der Waals surface area contributed by atoms with E-state index in [1.165, 1.54) is 13.3 Å². The topological polar surface area (TPSA) is 62.7 Å². The second kappa shape index (κ2) is 4.94. The molecule has 0 spiro atoms. The van der Waals surface area contributed by atoms with Crippen LogP contribution in [-0.2, 0) is 0 Å². The summed E-state index contributed by atoms with van der Waals surface area (Å²) >= 11 is 0. The number of methoxy groups -OCH3 is 1. The van der Waals surface area contributed by atoms with E-state index in [0.29, 0.717) is 24.5 Å². The lowest BCUT2D eigenvalue weighted by Crippen LogP contribution is -2.63. The van der Waals surface area contributed by atoms with Crippen molar-refractivity contribution in [3.63, 3.8) is 0 Å². The Kier molecular flexibility index (Phi) is 3.52. The zero-order valence-corrected chi connectivity index (χ0v) is 10.7. The molecule has 0 unspecified atom stereocenters. The van der Waals surface area contributed by atoms with Gasteiger partial charge in [-0.15, -0.1) is 0 Å². The summed E-state index contributed by atoms with van der Waals surface area (Å²) in [7, 11) is 1.53. The minimum Gasteiger partial charge on any atom is -0.481 e. The Balaban J connectivity index is 1.97. The summed E-state index contributed by atoms with van der Waals surface area (Å²) in [5.41, 5.74) is -0.168. The first-order valence-corrected chi connectivity index (χ1v) is 6.10. The average Bonchev–Trinajstić information content (AvgIpc) is 2.35. The van der Waals surface area contributed by atoms with Gasteiger partial charge in [0.2, 0.25) is 5.88 Å². The molecule has 2 heterocycles. The first-order chi connectivity index (χ1) is 8.58. The molecule has 18 heavy (non-hydrogen) atoms. The normalized spacial score (nSPS) is 17.2. The monoisotopic (exact) mass is 250 g/mol. The fraction of sp³-hybridized carbons (Fsp3) is 0.538. The standard InChI is InChI=1S/C13H18N2O3/c1-3-6-13(17)8-15(9-13)12(16)10-4-5-11(18-2)14-7-10/h4-5,7,17H,3,6,8-9H2,1-2H3. The minimum absolute atomic E-state index is 0.0917. The third kappa shape index (κ3) is 2.46. The quantitative estimate of drug-likeness (QED) is 0.868. The number of β-amino-alcohol motifs (C(OH)–C–C–N with tert-alkyl or cyclic N) is 1. The summed E-state index contributed by atoms with van der Waals surface area (Å²) in [5, 5.41) is 10.0. The van der Waals surface area contributed by atoms with E-state index in [2.05, 4.69) is 4.98 Å². The van der Waals surface area contributed by atoms with Crippen molar-refractivity contribution in [2.75, 3.05) is 20.2 Å². The van der Waals surface area contributed by atoms with Gasteiger partial charge >= 0.3 is 0 Å². The van der Waals surface area contributed by atoms with Crippen LogP contribution in [0.25, 0.3) is 0 Å². The number of amides is 1. The molecule has 98 valence electrons. The molecule has 0 radical (unpaired) electrons. The number of hydrogen-bond acceptors (Lipinski definition) is 4. The van der Waals surface area contributed by atoms with Crippen LogP contribution >= 0.6 is 0 Å². The van der Waals surface area contributed by atoms with Gasteiger partial charge in [0, 0.05) is 12.3 Å². The number of aromatic nitrogens is 1. The lowest BCUT2D eigenvalue weighted by atomic mass is 9.89. The van der Waals surface area contributed by atoms with Crippen molar-refractivity contribution in [1.29, 1.82) is 0 Å². The van der Waals surface area contributed by atoms with Crippen molar-refractivity contribution in [1.82, 2.24) is 9.88 Å². The largest absolute Gasteiger partial charge is 0.481 e. The van der Waals surface area contributed by atoms with Crippen molar-refractivity contribution in [3.8, 4) is 5.88 Å². The molecule has 0 aromatic carbocycles. The van der Waals surface area contributed by atoms with Crippen LogP contribution in [0.4, 0.5) is 0 Å². The van der Waals surface area contributed by atoms with Gasteiger partial charge in [-0.1, -0.05) is 13.3 Å². The Hall–Kier alpha value is -1.62. The Morgan fingerprint density at radius 2 is 2.28 bits per heavy atom. The van der Waals surface area contributed by atoms with Gasteiger partial charge in [0.1, 0.15) is 0 Å². The second-order valence-electron chi connectivity index (χ2n) is 4.72. The van der Waals surface area contributed by atoms with Gasteiger partial charge in [-0.3, -0.25) is 4.79 Å². The van der Waals surface area contributed by atoms with Crippen molar-refractivity contribution >= 4 is 5.91 Å². The molecule has 5 heteroatoms. The smallest absolute Gasteiger partial charge is 0.255 e. The Labute approximate surface area is 106 Å². The van der Waals surface area contributed by atoms with E-state index in [9.17, 15) is 9.90 Å². The molecule has 1 amide bonds. The van der Waals surface area contributed by atoms with Crippen LogP contribution in [0.15, 0.2) is 18.3 Å². The molecule has 0 saturated carbocycles. The van der Waals surface area contributed by atoms with E-state index < -0.39 is 5.60 Å². The van der Waals surface area contributed by atoms with E-state index >= 15 is 0 Å². The lowest BCUT2D eigenvalue weighted by molar-refractivity contribution is -0.0860. The predicted octanol–water partition coefficient (Wildman–Crippen LogP) is 1.08. The first-order valence-electron chi connectivity index (χ1n) is 6.10. The van der Waals surface area contributed by atoms with Crippen LogP contribution < -0.4 is 4.74 Å². The van der Waals surface area contributed by atoms with Crippen molar-refractivity contribution in [3.05, 3.63) is 23.9 Å². The average molecular weight is 250 g/mol. The van der Waals surface area contributed by atoms with E-state index in [0.717, 1.165) is 12.8 Å². The van der Waals surface area contributed by atoms with Crippen LogP contribution in [-0.4, -0.2) is 46.7 Å². The van der Waals surface area contributed by atoms with Crippen LogP contribution in [0.2, 0.25) is 0 Å². The minimum atomic E-state index is -0.690. The van der Waals surface area contributed by atoms with Crippen LogP contribution in [0.1, 0.15) is 30.1 Å². The summed E-state index contributed by atoms with van der Waals surface area (Å²) in [4.78, 5) is 17.7. The highest BCUT2D eigenvalue weighted by atomic mass is 16.5. The summed E-state index contributed by atoms with van der Waals surface area (Å²) < 4.78 is 4.94. The highest BCUT2D eigenvalue weighted by Crippen LogP contribution is 2.27. The fourth-order valence-corrected chi connectivity index (χ4v) is 2.24. The van der Waals surface area contributed by atoms with Crippen molar-refractivity contribution in [2.24, 2.45) is 0 Å². The number of ether oxygens (including phenoxy) is 1. The van der Waals surface area contributed by atoms with E-state index in [1.54, 1.807) is 17.0 Å². The third-order valence-electron chi connectivity index (χ3n) is 3.17. The number of aliphatic hydroxyl groups is 1. The molecule has 0 atom stereocenters. The lowest BCUT2D eigenvalue weighted by Gasteiger charge is -2.46. The first kappa shape index (κ1) is 12.8. The molecule has 1 fully saturated rings. The molecule has 5 nitrogen and oxygen atoms in total. The van der Waals surface area contributed by atoms with Crippen LogP contribution in [0.5, 0.6) is 5.88 Å². The molecular weight excluding hydrogens is 232 g/mol. The molecule has 1 aliphatic heterocycles. The molecule has 1 aromatic heterocycles. The van der Waals surface area contributed by atoms with Gasteiger partial charge < -0.3 is 14.7 Å². The molecule has 0 aliphatic carbocycles. The second-order valence-corrected chi connectivity index (χ2v) is 4.72. The number of carbonyl (C=O) groups is 1. The summed E-state index contributed by atoms with van der Waals surface area (Å²) in [6.07, 6.45) is 3.15. The van der Waals surface area contributed by atoms with Crippen LogP contribution in [0.3, 0.4) is 0 Å². The maximum absolute atomic E-state index is 12.1. The van der Waals surface area contributed by atoms with E-state index in [1.807, 2.05) is 6.92 Å². The maximum Gasteiger partial charge on any atom is 0.255 e. The third-order valence-corrected chi connectivity index (χ3v) is 3.17. The highest BCUT2D eigenvalue weighted by Gasteiger charge is 2.42. The van der Waals surface area contributed by atoms with Crippen molar-refractivity contribution in [2.45, 2.75) is 25.4 Å². The molecule has 1 saturated heterocycles. The fourth-order valence-electron chi connectivity index (χ4n) is 2.24. The number of pyridine rings is 1. The van der Waals surface area contributed by atoms with Gasteiger partial charge in [-0.2, -0.15) is 0 Å². The number of hydrogen-bond donors (Lipinski definition) is 1. The Bertz CT molecular complexity index is 424. The summed E-state index contributed by atoms with van der Waals surface area (Å²) in [5.74, 6) is 0.392. The molecule has 2 rings (SSSR count).